The Morgan fingerprint density at radius 1 is 1.17 bits per heavy atom. The molecule has 2 nitrogen and oxygen atoms in total. The molecule has 0 bridgehead atoms. The third-order valence-electron chi connectivity index (χ3n) is 2.72. The quantitative estimate of drug-likeness (QED) is 0.736. The lowest BCUT2D eigenvalue weighted by Crippen LogP contribution is -1.85. The number of para-hydroxylation sites is 1. The number of aromatic nitrogens is 2. The van der Waals surface area contributed by atoms with Gasteiger partial charge >= 0.3 is 0 Å². The maximum atomic E-state index is 4.53. The molecule has 90 valence electrons. The van der Waals surface area contributed by atoms with Crippen LogP contribution in [0.5, 0.6) is 0 Å². The van der Waals surface area contributed by atoms with Crippen LogP contribution in [0.15, 0.2) is 57.0 Å². The molecule has 0 aliphatic carbocycles. The lowest BCUT2D eigenvalue weighted by molar-refractivity contribution is 1.05. The third kappa shape index (κ3) is 2.31. The van der Waals surface area contributed by atoms with Gasteiger partial charge in [-0.25, -0.2) is 4.98 Å². The molecule has 3 aromatic rings. The summed E-state index contributed by atoms with van der Waals surface area (Å²) in [6, 6.07) is 14.5. The first-order chi connectivity index (χ1) is 8.72. The van der Waals surface area contributed by atoms with E-state index in [0.29, 0.717) is 0 Å². The smallest absolute Gasteiger partial charge is 0.103 e. The molecule has 1 aromatic carbocycles. The molecule has 2 heterocycles. The molecule has 0 fully saturated rings. The van der Waals surface area contributed by atoms with Crippen LogP contribution >= 0.6 is 27.7 Å². The molecule has 0 saturated carbocycles. The molecule has 0 spiro atoms. The van der Waals surface area contributed by atoms with Crippen molar-refractivity contribution in [3.05, 3.63) is 52.6 Å². The standard InChI is InChI=1S/C14H11BrN2S/c1-9-11(15)6-7-13(16-9)18-14-8-10-4-2-3-5-12(10)17-14/h2-8,17H,1H3. The summed E-state index contributed by atoms with van der Waals surface area (Å²) in [5, 5.41) is 3.35. The zero-order chi connectivity index (χ0) is 12.5. The van der Waals surface area contributed by atoms with Gasteiger partial charge in [-0.05, 0) is 47.1 Å². The fourth-order valence-corrected chi connectivity index (χ4v) is 2.90. The number of benzene rings is 1. The first-order valence-corrected chi connectivity index (χ1v) is 7.22. The fourth-order valence-electron chi connectivity index (χ4n) is 1.79. The Hall–Kier alpha value is -1.26. The first kappa shape index (κ1) is 11.8. The van der Waals surface area contributed by atoms with Gasteiger partial charge in [0.05, 0.1) is 10.7 Å². The zero-order valence-electron chi connectivity index (χ0n) is 9.77. The number of pyridine rings is 1. The highest BCUT2D eigenvalue weighted by Crippen LogP contribution is 2.29. The number of hydrogen-bond acceptors (Lipinski definition) is 2. The van der Waals surface area contributed by atoms with Crippen molar-refractivity contribution < 1.29 is 0 Å². The molecule has 2 aromatic heterocycles. The van der Waals surface area contributed by atoms with Crippen molar-refractivity contribution in [1.29, 1.82) is 0 Å². The van der Waals surface area contributed by atoms with Gasteiger partial charge in [-0.15, -0.1) is 0 Å². The van der Waals surface area contributed by atoms with E-state index in [-0.39, 0.29) is 0 Å². The SMILES string of the molecule is Cc1nc(Sc2cc3ccccc3[nH]2)ccc1Br. The topological polar surface area (TPSA) is 28.7 Å². The van der Waals surface area contributed by atoms with Crippen molar-refractivity contribution in [3.8, 4) is 0 Å². The first-order valence-electron chi connectivity index (χ1n) is 5.61. The molecular formula is C14H11BrN2S. The van der Waals surface area contributed by atoms with Crippen LogP contribution in [-0.4, -0.2) is 9.97 Å². The van der Waals surface area contributed by atoms with E-state index in [0.717, 1.165) is 25.7 Å². The van der Waals surface area contributed by atoms with Crippen LogP contribution in [0.4, 0.5) is 0 Å². The number of aryl methyl sites for hydroxylation is 1. The molecule has 0 saturated heterocycles. The van der Waals surface area contributed by atoms with Gasteiger partial charge in [-0.1, -0.05) is 30.0 Å². The minimum absolute atomic E-state index is 1.00. The van der Waals surface area contributed by atoms with E-state index in [4.69, 9.17) is 0 Å². The van der Waals surface area contributed by atoms with Gasteiger partial charge in [0.15, 0.2) is 0 Å². The summed E-state index contributed by atoms with van der Waals surface area (Å²) < 4.78 is 1.04. The summed E-state index contributed by atoms with van der Waals surface area (Å²) in [7, 11) is 0. The minimum Gasteiger partial charge on any atom is -0.349 e. The van der Waals surface area contributed by atoms with E-state index in [1.54, 1.807) is 11.8 Å². The Balaban J connectivity index is 1.93. The average molecular weight is 319 g/mol. The Morgan fingerprint density at radius 3 is 2.78 bits per heavy atom. The van der Waals surface area contributed by atoms with Crippen molar-refractivity contribution in [2.24, 2.45) is 0 Å². The second-order valence-electron chi connectivity index (χ2n) is 4.04. The average Bonchev–Trinajstić information content (AvgIpc) is 2.76. The molecule has 0 atom stereocenters. The van der Waals surface area contributed by atoms with Gasteiger partial charge < -0.3 is 4.98 Å². The van der Waals surface area contributed by atoms with Gasteiger partial charge in [0.1, 0.15) is 5.03 Å². The number of aromatic amines is 1. The van der Waals surface area contributed by atoms with Crippen molar-refractivity contribution >= 4 is 38.6 Å². The predicted molar refractivity (Wildman–Crippen MR) is 79.1 cm³/mol. The highest BCUT2D eigenvalue weighted by molar-refractivity contribution is 9.10. The summed E-state index contributed by atoms with van der Waals surface area (Å²) >= 11 is 5.11. The largest absolute Gasteiger partial charge is 0.349 e. The molecule has 3 rings (SSSR count). The summed E-state index contributed by atoms with van der Waals surface area (Å²) in [6.07, 6.45) is 0. The number of nitrogens with one attached hydrogen (secondary N) is 1. The van der Waals surface area contributed by atoms with E-state index in [1.165, 1.54) is 5.39 Å². The zero-order valence-corrected chi connectivity index (χ0v) is 12.2. The predicted octanol–water partition coefficient (Wildman–Crippen LogP) is 4.79. The lowest BCUT2D eigenvalue weighted by Gasteiger charge is -2.01. The highest BCUT2D eigenvalue weighted by Gasteiger charge is 2.04. The number of H-pyrrole nitrogens is 1. The Morgan fingerprint density at radius 2 is 2.00 bits per heavy atom. The Bertz CT molecular complexity index is 673. The molecule has 0 amide bonds. The number of fused-ring (bicyclic) bond motifs is 1. The molecule has 1 N–H and O–H groups in total. The van der Waals surface area contributed by atoms with E-state index in [1.807, 2.05) is 31.2 Å². The van der Waals surface area contributed by atoms with Crippen molar-refractivity contribution in [1.82, 2.24) is 9.97 Å². The molecule has 0 aliphatic heterocycles. The van der Waals surface area contributed by atoms with E-state index >= 15 is 0 Å². The fraction of sp³-hybridized carbons (Fsp3) is 0.0714. The van der Waals surface area contributed by atoms with Crippen molar-refractivity contribution in [2.75, 3.05) is 0 Å². The third-order valence-corrected chi connectivity index (χ3v) is 4.43. The summed E-state index contributed by atoms with van der Waals surface area (Å²) in [6.45, 7) is 2.00. The van der Waals surface area contributed by atoms with Crippen molar-refractivity contribution in [3.63, 3.8) is 0 Å². The monoisotopic (exact) mass is 318 g/mol. The number of hydrogen-bond donors (Lipinski definition) is 1. The van der Waals surface area contributed by atoms with Crippen LogP contribution in [0.2, 0.25) is 0 Å². The minimum atomic E-state index is 1.00. The maximum Gasteiger partial charge on any atom is 0.103 e. The summed E-state index contributed by atoms with van der Waals surface area (Å²) in [5.41, 5.74) is 2.17. The highest BCUT2D eigenvalue weighted by atomic mass is 79.9. The Kier molecular flexibility index (Phi) is 3.14. The van der Waals surface area contributed by atoms with E-state index in [2.05, 4.69) is 44.1 Å². The van der Waals surface area contributed by atoms with Crippen LogP contribution in [-0.2, 0) is 0 Å². The Labute approximate surface area is 118 Å². The van der Waals surface area contributed by atoms with Crippen LogP contribution in [0.3, 0.4) is 0 Å². The van der Waals surface area contributed by atoms with Gasteiger partial charge in [-0.2, -0.15) is 0 Å². The normalized spacial score (nSPS) is 11.0. The molecule has 4 heteroatoms. The number of rotatable bonds is 2. The van der Waals surface area contributed by atoms with Gasteiger partial charge in [0, 0.05) is 15.4 Å². The molecule has 0 aliphatic rings. The van der Waals surface area contributed by atoms with Crippen molar-refractivity contribution in [2.45, 2.75) is 17.0 Å². The molecule has 0 radical (unpaired) electrons. The van der Waals surface area contributed by atoms with Gasteiger partial charge in [0.25, 0.3) is 0 Å². The van der Waals surface area contributed by atoms with E-state index in [9.17, 15) is 0 Å². The maximum absolute atomic E-state index is 4.53. The van der Waals surface area contributed by atoms with E-state index < -0.39 is 0 Å². The number of nitrogens with zero attached hydrogens (tertiary/aromatic N) is 1. The van der Waals surface area contributed by atoms with Crippen LogP contribution < -0.4 is 0 Å². The lowest BCUT2D eigenvalue weighted by atomic mass is 10.3. The van der Waals surface area contributed by atoms with Crippen LogP contribution in [0, 0.1) is 6.92 Å². The molecule has 0 unspecified atom stereocenters. The second kappa shape index (κ2) is 4.78. The van der Waals surface area contributed by atoms with Crippen LogP contribution in [0.1, 0.15) is 5.69 Å². The van der Waals surface area contributed by atoms with Crippen LogP contribution in [0.25, 0.3) is 10.9 Å². The second-order valence-corrected chi connectivity index (χ2v) is 5.96. The summed E-state index contributed by atoms with van der Waals surface area (Å²) in [4.78, 5) is 7.92. The van der Waals surface area contributed by atoms with Gasteiger partial charge in [-0.3, -0.25) is 0 Å². The molecule has 18 heavy (non-hydrogen) atoms. The van der Waals surface area contributed by atoms with Gasteiger partial charge in [0.2, 0.25) is 0 Å². The molecular weight excluding hydrogens is 308 g/mol. The number of halogens is 1. The summed E-state index contributed by atoms with van der Waals surface area (Å²) in [5.74, 6) is 0.